The summed E-state index contributed by atoms with van der Waals surface area (Å²) in [4.78, 5) is 0. The second kappa shape index (κ2) is 22.3. The van der Waals surface area contributed by atoms with Gasteiger partial charge in [-0.1, -0.05) is 0 Å². The molecule has 0 rings (SSSR count). The molecule has 0 heterocycles. The number of hydrogen-bond acceptors (Lipinski definition) is 6. The van der Waals surface area contributed by atoms with E-state index in [1.807, 2.05) is 0 Å². The van der Waals surface area contributed by atoms with E-state index in [9.17, 15) is 34.5 Å². The maximum atomic E-state index is 9.75. The molecular formula is C10H24B2CuF8N8O2. The standard InChI is InChI=1S/2C5H12N4O.2BF4.Cu/c2*1-3-10-5(7)9-4(6)8-2;2*2-1(3,4)5;/h2*3H2,1-2H3,(H4,6,7,8,9);;;/q;;2*-1;+2. The van der Waals surface area contributed by atoms with Crippen molar-refractivity contribution in [1.29, 1.82) is 21.6 Å². The average Bonchev–Trinajstić information content (AvgIpc) is 2.52. The third-order valence-corrected chi connectivity index (χ3v) is 1.55. The molecule has 0 atom stereocenters. The van der Waals surface area contributed by atoms with E-state index >= 15 is 0 Å². The minimum atomic E-state index is -6.00. The SMILES string of the molecule is CCOC(=N)NC(=N)NC.CCOC(=N)NC(=N)NC.F[B-](F)(F)F.F[B-](F)(F)F.[Cu+2]. The molecule has 0 saturated carbocycles. The summed E-state index contributed by atoms with van der Waals surface area (Å²) >= 11 is 0. The van der Waals surface area contributed by atoms with E-state index in [0.717, 1.165) is 0 Å². The van der Waals surface area contributed by atoms with Gasteiger partial charge < -0.3 is 54.6 Å². The first-order valence-electron chi connectivity index (χ1n) is 7.65. The molecule has 8 N–H and O–H groups in total. The largest absolute Gasteiger partial charge is 2.00 e. The van der Waals surface area contributed by atoms with Crippen LogP contribution in [0.25, 0.3) is 0 Å². The van der Waals surface area contributed by atoms with Crippen LogP contribution >= 0.6 is 0 Å². The number of guanidine groups is 2. The number of halogens is 8. The van der Waals surface area contributed by atoms with Crippen LogP contribution in [0.2, 0.25) is 0 Å². The fraction of sp³-hybridized carbons (Fsp3) is 0.600. The van der Waals surface area contributed by atoms with E-state index in [1.165, 1.54) is 0 Å². The Labute approximate surface area is 184 Å². The molecule has 0 spiro atoms. The zero-order valence-corrected chi connectivity index (χ0v) is 17.7. The Morgan fingerprint density at radius 1 is 0.645 bits per heavy atom. The molecule has 0 aliphatic heterocycles. The van der Waals surface area contributed by atoms with Gasteiger partial charge in [-0.3, -0.25) is 32.3 Å². The molecule has 0 bridgehead atoms. The summed E-state index contributed by atoms with van der Waals surface area (Å²) in [6, 6.07) is -0.219. The van der Waals surface area contributed by atoms with Crippen LogP contribution in [0.1, 0.15) is 13.8 Å². The van der Waals surface area contributed by atoms with Crippen molar-refractivity contribution in [2.45, 2.75) is 13.8 Å². The van der Waals surface area contributed by atoms with E-state index in [0.29, 0.717) is 13.2 Å². The second-order valence-electron chi connectivity index (χ2n) is 4.01. The third kappa shape index (κ3) is 74.4. The van der Waals surface area contributed by atoms with Gasteiger partial charge in [0, 0.05) is 14.1 Å². The van der Waals surface area contributed by atoms with E-state index in [-0.39, 0.29) is 41.0 Å². The van der Waals surface area contributed by atoms with Gasteiger partial charge in [0.25, 0.3) is 12.0 Å². The number of amidine groups is 2. The van der Waals surface area contributed by atoms with Gasteiger partial charge >= 0.3 is 31.6 Å². The molecule has 0 amide bonds. The van der Waals surface area contributed by atoms with Gasteiger partial charge in [-0.2, -0.15) is 0 Å². The number of rotatable bonds is 2. The van der Waals surface area contributed by atoms with Crippen molar-refractivity contribution in [3.05, 3.63) is 0 Å². The van der Waals surface area contributed by atoms with Crippen molar-refractivity contribution >= 4 is 38.5 Å². The number of ether oxygens (including phenoxy) is 2. The molecule has 31 heavy (non-hydrogen) atoms. The van der Waals surface area contributed by atoms with Gasteiger partial charge in [0.2, 0.25) is 0 Å². The molecule has 10 nitrogen and oxygen atoms in total. The number of hydrogen-bond donors (Lipinski definition) is 8. The maximum Gasteiger partial charge on any atom is 2.00 e. The Hall–Kier alpha value is -2.43. The summed E-state index contributed by atoms with van der Waals surface area (Å²) < 4.78 is 87.4. The summed E-state index contributed by atoms with van der Waals surface area (Å²) in [7, 11) is -8.82. The quantitative estimate of drug-likeness (QED) is 0.119. The summed E-state index contributed by atoms with van der Waals surface area (Å²) in [5.74, 6) is 0.108. The molecule has 189 valence electrons. The van der Waals surface area contributed by atoms with E-state index in [4.69, 9.17) is 31.1 Å². The first-order chi connectivity index (χ1) is 13.4. The molecule has 0 aliphatic rings. The van der Waals surface area contributed by atoms with E-state index in [1.54, 1.807) is 27.9 Å². The first-order valence-corrected chi connectivity index (χ1v) is 7.65. The monoisotopic (exact) mass is 525 g/mol. The van der Waals surface area contributed by atoms with Crippen molar-refractivity contribution < 1.29 is 61.1 Å². The van der Waals surface area contributed by atoms with Crippen molar-refractivity contribution in [2.24, 2.45) is 0 Å². The normalized spacial score (nSPS) is 9.16. The van der Waals surface area contributed by atoms with Crippen LogP contribution in [-0.4, -0.2) is 65.8 Å². The van der Waals surface area contributed by atoms with Crippen LogP contribution in [0.4, 0.5) is 34.5 Å². The Bertz CT molecular complexity index is 458. The van der Waals surface area contributed by atoms with Gasteiger partial charge in [0.05, 0.1) is 13.2 Å². The molecular weight excluding hydrogens is 501 g/mol. The van der Waals surface area contributed by atoms with E-state index < -0.39 is 14.5 Å². The Balaban J connectivity index is -0.000000101. The Kier molecular flexibility index (Phi) is 28.1. The van der Waals surface area contributed by atoms with Crippen LogP contribution in [0.5, 0.6) is 0 Å². The molecule has 0 aromatic rings. The van der Waals surface area contributed by atoms with Gasteiger partial charge in [-0.15, -0.1) is 0 Å². The zero-order chi connectivity index (χ0) is 25.0. The molecule has 0 unspecified atom stereocenters. The molecule has 1 radical (unpaired) electrons. The fourth-order valence-electron chi connectivity index (χ4n) is 0.713. The van der Waals surface area contributed by atoms with Crippen LogP contribution in [-0.2, 0) is 26.5 Å². The second-order valence-corrected chi connectivity index (χ2v) is 4.01. The van der Waals surface area contributed by atoms with Gasteiger partial charge in [-0.05, 0) is 13.8 Å². The predicted octanol–water partition coefficient (Wildman–Crippen LogP) is 2.00. The van der Waals surface area contributed by atoms with Crippen LogP contribution in [0, 0.1) is 21.6 Å². The maximum absolute atomic E-state index is 9.75. The van der Waals surface area contributed by atoms with Gasteiger partial charge in [-0.25, -0.2) is 0 Å². The van der Waals surface area contributed by atoms with Crippen molar-refractivity contribution in [2.75, 3.05) is 27.3 Å². The number of nitrogens with one attached hydrogen (secondary N) is 8. The molecule has 0 aromatic heterocycles. The summed E-state index contributed by atoms with van der Waals surface area (Å²) in [5, 5.41) is 37.8. The molecule has 0 aliphatic carbocycles. The van der Waals surface area contributed by atoms with E-state index in [2.05, 4.69) is 21.3 Å². The smallest absolute Gasteiger partial charge is 0.465 e. The fourth-order valence-corrected chi connectivity index (χ4v) is 0.713. The van der Waals surface area contributed by atoms with Crippen molar-refractivity contribution in [1.82, 2.24) is 21.3 Å². The molecule has 0 aromatic carbocycles. The Morgan fingerprint density at radius 2 is 0.839 bits per heavy atom. The summed E-state index contributed by atoms with van der Waals surface area (Å²) in [6.45, 7) is 4.42. The minimum absolute atomic E-state index is 0. The predicted molar refractivity (Wildman–Crippen MR) is 98.9 cm³/mol. The molecule has 21 heteroatoms. The van der Waals surface area contributed by atoms with Crippen LogP contribution in [0.3, 0.4) is 0 Å². The topological polar surface area (TPSA) is 162 Å². The van der Waals surface area contributed by atoms with Gasteiger partial charge in [0.1, 0.15) is 0 Å². The van der Waals surface area contributed by atoms with Crippen LogP contribution in [0.15, 0.2) is 0 Å². The summed E-state index contributed by atoms with van der Waals surface area (Å²) in [5.41, 5.74) is 0. The van der Waals surface area contributed by atoms with Crippen molar-refractivity contribution in [3.8, 4) is 0 Å². The van der Waals surface area contributed by atoms with Crippen molar-refractivity contribution in [3.63, 3.8) is 0 Å². The zero-order valence-electron chi connectivity index (χ0n) is 16.7. The Morgan fingerprint density at radius 3 is 0.968 bits per heavy atom. The first kappa shape index (κ1) is 39.1. The molecule has 0 saturated heterocycles. The van der Waals surface area contributed by atoms with Gasteiger partial charge in [0.15, 0.2) is 11.9 Å². The summed E-state index contributed by atoms with van der Waals surface area (Å²) in [6.07, 6.45) is 0. The van der Waals surface area contributed by atoms with Crippen LogP contribution < -0.4 is 21.3 Å². The minimum Gasteiger partial charge on any atom is -0.465 e. The average molecular weight is 526 g/mol. The third-order valence-electron chi connectivity index (χ3n) is 1.55. The molecule has 0 fully saturated rings.